The second-order valence-electron chi connectivity index (χ2n) is 6.79. The molecule has 0 fully saturated rings. The van der Waals surface area contributed by atoms with Gasteiger partial charge in [0.25, 0.3) is 0 Å². The average molecular weight is 361 g/mol. The van der Waals surface area contributed by atoms with E-state index in [1.807, 2.05) is 29.1 Å². The van der Waals surface area contributed by atoms with Crippen LogP contribution < -0.4 is 5.32 Å². The summed E-state index contributed by atoms with van der Waals surface area (Å²) in [6.07, 6.45) is 7.56. The number of nitrogens with one attached hydrogen (secondary N) is 1. The molecule has 3 aromatic rings. The number of carbonyl (C=O) groups excluding carboxylic acids is 1. The van der Waals surface area contributed by atoms with Crippen LogP contribution in [0.25, 0.3) is 11.1 Å². The summed E-state index contributed by atoms with van der Waals surface area (Å²) in [6.45, 7) is 3.48. The van der Waals surface area contributed by atoms with Crippen LogP contribution in [0.15, 0.2) is 67.0 Å². The summed E-state index contributed by atoms with van der Waals surface area (Å²) in [6, 6.07) is 18.7. The van der Waals surface area contributed by atoms with Gasteiger partial charge in [-0.15, -0.1) is 0 Å². The molecule has 140 valence electrons. The predicted octanol–water partition coefficient (Wildman–Crippen LogP) is 4.79. The van der Waals surface area contributed by atoms with Crippen molar-refractivity contribution in [3.63, 3.8) is 0 Å². The van der Waals surface area contributed by atoms with Crippen LogP contribution in [0.5, 0.6) is 0 Å². The first kappa shape index (κ1) is 18.9. The minimum atomic E-state index is 0.132. The Bertz CT molecular complexity index is 838. The fourth-order valence-electron chi connectivity index (χ4n) is 3.14. The van der Waals surface area contributed by atoms with Crippen LogP contribution in [0, 0.1) is 0 Å². The minimum absolute atomic E-state index is 0.132. The molecule has 0 atom stereocenters. The number of amides is 1. The lowest BCUT2D eigenvalue weighted by Gasteiger charge is -2.12. The Balaban J connectivity index is 1.65. The lowest BCUT2D eigenvalue weighted by Crippen LogP contribution is -2.22. The van der Waals surface area contributed by atoms with Gasteiger partial charge in [-0.25, -0.2) is 0 Å². The van der Waals surface area contributed by atoms with Crippen LogP contribution in [0.4, 0.5) is 0 Å². The van der Waals surface area contributed by atoms with Crippen molar-refractivity contribution in [1.29, 1.82) is 0 Å². The highest BCUT2D eigenvalue weighted by atomic mass is 16.1. The molecule has 0 aliphatic rings. The molecule has 0 aliphatic carbocycles. The van der Waals surface area contributed by atoms with Gasteiger partial charge in [-0.05, 0) is 34.7 Å². The molecule has 0 saturated heterocycles. The monoisotopic (exact) mass is 361 g/mol. The first-order chi connectivity index (χ1) is 13.3. The highest BCUT2D eigenvalue weighted by Crippen LogP contribution is 2.24. The van der Waals surface area contributed by atoms with E-state index in [0.717, 1.165) is 42.5 Å². The van der Waals surface area contributed by atoms with Crippen molar-refractivity contribution in [3.8, 4) is 11.1 Å². The molecule has 1 amide bonds. The molecule has 1 heterocycles. The zero-order valence-electron chi connectivity index (χ0n) is 15.9. The van der Waals surface area contributed by atoms with Crippen LogP contribution in [-0.2, 0) is 17.9 Å². The van der Waals surface area contributed by atoms with Gasteiger partial charge < -0.3 is 5.32 Å². The van der Waals surface area contributed by atoms with E-state index in [0.29, 0.717) is 13.0 Å². The van der Waals surface area contributed by atoms with Crippen molar-refractivity contribution >= 4 is 5.91 Å². The Morgan fingerprint density at radius 2 is 1.85 bits per heavy atom. The van der Waals surface area contributed by atoms with Crippen LogP contribution in [0.1, 0.15) is 43.7 Å². The number of benzene rings is 2. The summed E-state index contributed by atoms with van der Waals surface area (Å²) in [7, 11) is 0. The van der Waals surface area contributed by atoms with E-state index in [2.05, 4.69) is 53.7 Å². The summed E-state index contributed by atoms with van der Waals surface area (Å²) >= 11 is 0. The number of rotatable bonds is 9. The zero-order valence-corrected chi connectivity index (χ0v) is 15.9. The van der Waals surface area contributed by atoms with Crippen molar-refractivity contribution in [2.75, 3.05) is 0 Å². The van der Waals surface area contributed by atoms with Crippen molar-refractivity contribution in [1.82, 2.24) is 15.1 Å². The normalized spacial score (nSPS) is 10.7. The third-order valence-corrected chi connectivity index (χ3v) is 4.67. The molecule has 4 heteroatoms. The van der Waals surface area contributed by atoms with Gasteiger partial charge in [-0.1, -0.05) is 68.3 Å². The largest absolute Gasteiger partial charge is 0.352 e. The Morgan fingerprint density at radius 3 is 2.59 bits per heavy atom. The van der Waals surface area contributed by atoms with Gasteiger partial charge >= 0.3 is 0 Å². The van der Waals surface area contributed by atoms with E-state index in [-0.39, 0.29) is 5.91 Å². The number of aromatic nitrogens is 2. The lowest BCUT2D eigenvalue weighted by atomic mass is 9.98. The maximum Gasteiger partial charge on any atom is 0.220 e. The SMILES string of the molecule is CCCCCC(=O)NCc1ccccc1-c1ccc(Cn2cccn2)cc1. The van der Waals surface area contributed by atoms with Gasteiger partial charge in [0.1, 0.15) is 0 Å². The molecule has 0 spiro atoms. The minimum Gasteiger partial charge on any atom is -0.352 e. The number of hydrogen-bond donors (Lipinski definition) is 1. The van der Waals surface area contributed by atoms with E-state index in [1.165, 1.54) is 5.56 Å². The van der Waals surface area contributed by atoms with Gasteiger partial charge in [0.15, 0.2) is 0 Å². The van der Waals surface area contributed by atoms with Crippen LogP contribution in [0.3, 0.4) is 0 Å². The van der Waals surface area contributed by atoms with Crippen LogP contribution in [0.2, 0.25) is 0 Å². The third-order valence-electron chi connectivity index (χ3n) is 4.67. The van der Waals surface area contributed by atoms with Crippen molar-refractivity contribution < 1.29 is 4.79 Å². The molecule has 1 N–H and O–H groups in total. The summed E-state index contributed by atoms with van der Waals surface area (Å²) < 4.78 is 1.91. The molecular formula is C23H27N3O. The van der Waals surface area contributed by atoms with Crippen LogP contribution in [-0.4, -0.2) is 15.7 Å². The molecule has 0 saturated carbocycles. The van der Waals surface area contributed by atoms with Gasteiger partial charge in [0.05, 0.1) is 6.54 Å². The molecule has 2 aromatic carbocycles. The maximum absolute atomic E-state index is 12.0. The van der Waals surface area contributed by atoms with Crippen molar-refractivity contribution in [2.24, 2.45) is 0 Å². The standard InChI is InChI=1S/C23H27N3O/c1-2-3-4-10-23(27)24-17-21-8-5-6-9-22(21)20-13-11-19(12-14-20)18-26-16-7-15-25-26/h5-9,11-16H,2-4,10,17-18H2,1H3,(H,24,27). The first-order valence-corrected chi connectivity index (χ1v) is 9.67. The van der Waals surface area contributed by atoms with E-state index in [9.17, 15) is 4.79 Å². The van der Waals surface area contributed by atoms with E-state index < -0.39 is 0 Å². The highest BCUT2D eigenvalue weighted by molar-refractivity contribution is 5.76. The number of nitrogens with zero attached hydrogens (tertiary/aromatic N) is 2. The summed E-state index contributed by atoms with van der Waals surface area (Å²) in [5.41, 5.74) is 4.68. The average Bonchev–Trinajstić information content (AvgIpc) is 3.20. The topological polar surface area (TPSA) is 46.9 Å². The molecule has 0 radical (unpaired) electrons. The van der Waals surface area contributed by atoms with Gasteiger partial charge in [-0.3, -0.25) is 9.48 Å². The van der Waals surface area contributed by atoms with Crippen LogP contribution >= 0.6 is 0 Å². The van der Waals surface area contributed by atoms with E-state index in [4.69, 9.17) is 0 Å². The maximum atomic E-state index is 12.0. The Morgan fingerprint density at radius 1 is 1.04 bits per heavy atom. The number of carbonyl (C=O) groups is 1. The first-order valence-electron chi connectivity index (χ1n) is 9.67. The summed E-state index contributed by atoms with van der Waals surface area (Å²) in [5.74, 6) is 0.132. The van der Waals surface area contributed by atoms with Gasteiger partial charge in [0.2, 0.25) is 5.91 Å². The Labute approximate surface area is 161 Å². The summed E-state index contributed by atoms with van der Waals surface area (Å²) in [5, 5.41) is 7.31. The lowest BCUT2D eigenvalue weighted by molar-refractivity contribution is -0.121. The van der Waals surface area contributed by atoms with E-state index >= 15 is 0 Å². The molecule has 0 bridgehead atoms. The second-order valence-corrected chi connectivity index (χ2v) is 6.79. The fraction of sp³-hybridized carbons (Fsp3) is 0.304. The predicted molar refractivity (Wildman–Crippen MR) is 109 cm³/mol. The van der Waals surface area contributed by atoms with Gasteiger partial charge in [0, 0.05) is 25.4 Å². The van der Waals surface area contributed by atoms with Crippen molar-refractivity contribution in [2.45, 2.75) is 45.7 Å². The van der Waals surface area contributed by atoms with E-state index in [1.54, 1.807) is 6.20 Å². The highest BCUT2D eigenvalue weighted by Gasteiger charge is 2.07. The second kappa shape index (κ2) is 9.72. The Kier molecular flexibility index (Phi) is 6.80. The smallest absolute Gasteiger partial charge is 0.220 e. The molecule has 0 unspecified atom stereocenters. The molecule has 27 heavy (non-hydrogen) atoms. The quantitative estimate of drug-likeness (QED) is 0.557. The Hall–Kier alpha value is -2.88. The molecular weight excluding hydrogens is 334 g/mol. The number of unbranched alkanes of at least 4 members (excludes halogenated alkanes) is 2. The molecule has 4 nitrogen and oxygen atoms in total. The zero-order chi connectivity index (χ0) is 18.9. The molecule has 3 rings (SSSR count). The van der Waals surface area contributed by atoms with Gasteiger partial charge in [-0.2, -0.15) is 5.10 Å². The third kappa shape index (κ3) is 5.55. The molecule has 0 aliphatic heterocycles. The molecule has 1 aromatic heterocycles. The fourth-order valence-corrected chi connectivity index (χ4v) is 3.14. The number of hydrogen-bond acceptors (Lipinski definition) is 2. The van der Waals surface area contributed by atoms with Crippen molar-refractivity contribution in [3.05, 3.63) is 78.1 Å². The summed E-state index contributed by atoms with van der Waals surface area (Å²) in [4.78, 5) is 12.0.